The summed E-state index contributed by atoms with van der Waals surface area (Å²) in [5.74, 6) is -0.441. The quantitative estimate of drug-likeness (QED) is 0.191. The number of benzene rings is 3. The van der Waals surface area contributed by atoms with E-state index in [1.807, 2.05) is 60.7 Å². The minimum atomic E-state index is -1.13. The molecular weight excluding hydrogens is 612 g/mol. The predicted molar refractivity (Wildman–Crippen MR) is 194 cm³/mol. The molecule has 1 fully saturated rings. The summed E-state index contributed by atoms with van der Waals surface area (Å²) in [5.41, 5.74) is 6.03. The number of carbonyl (C=O) groups is 2. The largest absolute Gasteiger partial charge is 0.465 e. The zero-order chi connectivity index (χ0) is 34.4. The lowest BCUT2D eigenvalue weighted by Gasteiger charge is -2.46. The van der Waals surface area contributed by atoms with Gasteiger partial charge in [0.2, 0.25) is 0 Å². The number of hydrogen-bond acceptors (Lipinski definition) is 4. The lowest BCUT2D eigenvalue weighted by Crippen LogP contribution is -2.33. The van der Waals surface area contributed by atoms with Crippen molar-refractivity contribution in [2.45, 2.75) is 77.7 Å². The Morgan fingerprint density at radius 3 is 2.11 bits per heavy atom. The van der Waals surface area contributed by atoms with E-state index in [2.05, 4.69) is 63.9 Å². The normalized spacial score (nSPS) is 15.4. The highest BCUT2D eigenvalue weighted by Crippen LogP contribution is 2.55. The van der Waals surface area contributed by atoms with Crippen molar-refractivity contribution in [2.75, 3.05) is 24.4 Å². The van der Waals surface area contributed by atoms with Crippen LogP contribution in [0.25, 0.3) is 22.4 Å². The Labute approximate surface area is 281 Å². The summed E-state index contributed by atoms with van der Waals surface area (Å²) in [5, 5.41) is 3.08. The van der Waals surface area contributed by atoms with Gasteiger partial charge in [-0.15, -0.1) is 10.3 Å². The molecule has 1 aliphatic rings. The minimum Gasteiger partial charge on any atom is -0.465 e. The minimum absolute atomic E-state index is 0.0514. The van der Waals surface area contributed by atoms with Crippen LogP contribution in [0.4, 0.5) is 10.1 Å². The number of halogens is 1. The number of hydrogen-bond donors (Lipinski definition) is 1. The average molecular weight is 661 g/mol. The van der Waals surface area contributed by atoms with E-state index in [9.17, 15) is 14.0 Å². The van der Waals surface area contributed by atoms with E-state index >= 15 is 0 Å². The summed E-state index contributed by atoms with van der Waals surface area (Å²) in [6.45, 7) is 14.0. The second kappa shape index (κ2) is 15.3. The lowest BCUT2D eigenvalue weighted by atomic mass is 9.94. The highest BCUT2D eigenvalue weighted by molar-refractivity contribution is 8.29. The molecule has 0 saturated carbocycles. The van der Waals surface area contributed by atoms with Gasteiger partial charge >= 0.3 is 5.97 Å². The third-order valence-corrected chi connectivity index (χ3v) is 12.3. The zero-order valence-corrected chi connectivity index (χ0v) is 29.7. The number of nitrogens with zero attached hydrogens (tertiary/aromatic N) is 1. The lowest BCUT2D eigenvalue weighted by molar-refractivity contribution is -0.150. The Bertz CT molecular complexity index is 1640. The van der Waals surface area contributed by atoms with E-state index in [4.69, 9.17) is 8.92 Å². The Morgan fingerprint density at radius 1 is 0.979 bits per heavy atom. The zero-order valence-electron chi connectivity index (χ0n) is 28.9. The van der Waals surface area contributed by atoms with Crippen LogP contribution in [-0.4, -0.2) is 46.4 Å². The molecule has 3 aromatic carbocycles. The van der Waals surface area contributed by atoms with E-state index < -0.39 is 10.3 Å². The van der Waals surface area contributed by atoms with Gasteiger partial charge in [0, 0.05) is 34.7 Å². The smallest absolute Gasteiger partial charge is 0.308 e. The molecule has 1 aromatic heterocycles. The highest BCUT2D eigenvalue weighted by Gasteiger charge is 2.34. The second-order valence-corrected chi connectivity index (χ2v) is 17.2. The summed E-state index contributed by atoms with van der Waals surface area (Å²) in [4.78, 5) is 24.8. The van der Waals surface area contributed by atoms with E-state index in [1.165, 1.54) is 12.1 Å². The molecular formula is C39H49FN2O4S. The fraction of sp³-hybridized carbons (Fsp3) is 0.385. The summed E-state index contributed by atoms with van der Waals surface area (Å²) in [6, 6.07) is 25.9. The molecule has 8 heteroatoms. The number of anilines is 1. The van der Waals surface area contributed by atoms with Crippen LogP contribution in [-0.2, 0) is 20.3 Å². The molecule has 0 bridgehead atoms. The number of rotatable bonds is 8. The first kappa shape index (κ1) is 36.0. The van der Waals surface area contributed by atoms with Gasteiger partial charge in [-0.25, -0.2) is 4.39 Å². The maximum absolute atomic E-state index is 13.7. The van der Waals surface area contributed by atoms with Crippen molar-refractivity contribution in [3.63, 3.8) is 0 Å². The Balaban J connectivity index is 0.000000280. The van der Waals surface area contributed by atoms with Gasteiger partial charge in [-0.2, -0.15) is 0 Å². The van der Waals surface area contributed by atoms with Crippen LogP contribution in [0, 0.1) is 5.82 Å². The third-order valence-electron chi connectivity index (χ3n) is 8.55. The standard InChI is InChI=1S/C28H27FN2O.C11H22O3S/c1-4-31-26(19(2)3)25(28(32)30-23-13-9-6-10-14-23)24(20-11-7-5-8-12-20)27(31)21-15-17-22(29)18-16-21;1-11(2,3)15(4,5)14-9-6-7-13-10(12)8-9/h5-19H,4H2,1-3H3,(H,30,32);9H,6-8H2,1-5H3/t;9-/m.1/s1. The highest BCUT2D eigenvalue weighted by atomic mass is 32.3. The van der Waals surface area contributed by atoms with Crippen LogP contribution in [0.3, 0.4) is 0 Å². The maximum Gasteiger partial charge on any atom is 0.308 e. The molecule has 6 nitrogen and oxygen atoms in total. The van der Waals surface area contributed by atoms with Crippen LogP contribution >= 0.6 is 10.3 Å². The number of amides is 1. The predicted octanol–water partition coefficient (Wildman–Crippen LogP) is 9.84. The van der Waals surface area contributed by atoms with Gasteiger partial charge in [-0.1, -0.05) is 83.1 Å². The number of cyclic esters (lactones) is 1. The molecule has 0 aliphatic carbocycles. The molecule has 1 N–H and O–H groups in total. The van der Waals surface area contributed by atoms with Crippen LogP contribution in [0.15, 0.2) is 84.9 Å². The number of carbonyl (C=O) groups excluding carboxylic acids is 2. The molecule has 1 amide bonds. The fourth-order valence-corrected chi connectivity index (χ4v) is 6.66. The Hall–Kier alpha value is -3.88. The van der Waals surface area contributed by atoms with Gasteiger partial charge in [0.25, 0.3) is 5.91 Å². The first-order valence-electron chi connectivity index (χ1n) is 16.2. The van der Waals surface area contributed by atoms with E-state index in [0.29, 0.717) is 25.1 Å². The average Bonchev–Trinajstić information content (AvgIpc) is 3.38. The Morgan fingerprint density at radius 2 is 1.57 bits per heavy atom. The monoisotopic (exact) mass is 660 g/mol. The van der Waals surface area contributed by atoms with Crippen molar-refractivity contribution in [1.29, 1.82) is 0 Å². The molecule has 1 saturated heterocycles. The fourth-order valence-electron chi connectivity index (χ4n) is 5.52. The van der Waals surface area contributed by atoms with E-state index in [0.717, 1.165) is 40.2 Å². The summed E-state index contributed by atoms with van der Waals surface area (Å²) < 4.78 is 27.1. The number of para-hydroxylation sites is 1. The van der Waals surface area contributed by atoms with Crippen molar-refractivity contribution < 1.29 is 22.9 Å². The van der Waals surface area contributed by atoms with Crippen molar-refractivity contribution in [3.05, 3.63) is 102 Å². The van der Waals surface area contributed by atoms with Gasteiger partial charge in [0.05, 0.1) is 30.4 Å². The van der Waals surface area contributed by atoms with Crippen LogP contribution in [0.2, 0.25) is 0 Å². The van der Waals surface area contributed by atoms with E-state index in [-0.39, 0.29) is 34.5 Å². The van der Waals surface area contributed by atoms with E-state index in [1.54, 1.807) is 12.1 Å². The molecule has 252 valence electrons. The third kappa shape index (κ3) is 8.73. The maximum atomic E-state index is 13.7. The van der Waals surface area contributed by atoms with Gasteiger partial charge in [-0.05, 0) is 72.9 Å². The number of ether oxygens (including phenoxy) is 1. The van der Waals surface area contributed by atoms with Crippen molar-refractivity contribution >= 4 is 27.9 Å². The van der Waals surface area contributed by atoms with Gasteiger partial charge in [-0.3, -0.25) is 9.59 Å². The molecule has 0 unspecified atom stereocenters. The van der Waals surface area contributed by atoms with Crippen LogP contribution < -0.4 is 5.32 Å². The number of esters is 1. The van der Waals surface area contributed by atoms with Crippen LogP contribution in [0.1, 0.15) is 76.4 Å². The molecule has 1 atom stereocenters. The first-order chi connectivity index (χ1) is 22.2. The second-order valence-electron chi connectivity index (χ2n) is 13.4. The molecule has 0 spiro atoms. The van der Waals surface area contributed by atoms with Gasteiger partial charge in [0.15, 0.2) is 0 Å². The molecule has 47 heavy (non-hydrogen) atoms. The van der Waals surface area contributed by atoms with Crippen molar-refractivity contribution in [2.24, 2.45) is 0 Å². The molecule has 0 radical (unpaired) electrons. The Kier molecular flexibility index (Phi) is 11.7. The first-order valence-corrected chi connectivity index (χ1v) is 18.6. The van der Waals surface area contributed by atoms with Gasteiger partial charge < -0.3 is 18.8 Å². The van der Waals surface area contributed by atoms with Gasteiger partial charge in [0.1, 0.15) is 5.82 Å². The number of nitrogens with one attached hydrogen (secondary N) is 1. The molecule has 2 heterocycles. The van der Waals surface area contributed by atoms with Crippen molar-refractivity contribution in [1.82, 2.24) is 4.57 Å². The number of aromatic nitrogens is 1. The van der Waals surface area contributed by atoms with Crippen molar-refractivity contribution in [3.8, 4) is 22.4 Å². The molecule has 1 aliphatic heterocycles. The molecule has 5 rings (SSSR count). The summed E-state index contributed by atoms with van der Waals surface area (Å²) >= 11 is 0. The summed E-state index contributed by atoms with van der Waals surface area (Å²) in [6.07, 6.45) is 5.61. The molecule has 4 aromatic rings. The SMILES string of the molecule is CC(C)(C)S(C)(C)O[C@@H]1CCOC(=O)C1.CCn1c(-c2ccc(F)cc2)c(-c2ccccc2)c(C(=O)Nc2ccccc2)c1C(C)C. The topological polar surface area (TPSA) is 69.6 Å². The summed E-state index contributed by atoms with van der Waals surface area (Å²) in [7, 11) is -1.13. The van der Waals surface area contributed by atoms with Crippen LogP contribution in [0.5, 0.6) is 0 Å².